The Bertz CT molecular complexity index is 1410. The number of phenols is 6. The van der Waals surface area contributed by atoms with E-state index in [-0.39, 0.29) is 5.57 Å². The second-order valence-corrected chi connectivity index (χ2v) is 8.55. The van der Waals surface area contributed by atoms with Crippen LogP contribution in [0.3, 0.4) is 0 Å². The highest BCUT2D eigenvalue weighted by Crippen LogP contribution is 2.52. The first-order chi connectivity index (χ1) is 18.4. The molecule has 0 radical (unpaired) electrons. The summed E-state index contributed by atoms with van der Waals surface area (Å²) in [4.78, 5) is 26.4. The number of carbonyl (C=O) groups is 2. The molecule has 2 aliphatic heterocycles. The number of carbonyl (C=O) groups excluding carboxylic acids is 2. The van der Waals surface area contributed by atoms with Crippen LogP contribution in [0.5, 0.6) is 34.5 Å². The van der Waals surface area contributed by atoms with E-state index in [2.05, 4.69) is 6.58 Å². The summed E-state index contributed by atoms with van der Waals surface area (Å²) in [5, 5.41) is 91.9. The summed E-state index contributed by atoms with van der Waals surface area (Å²) in [5.41, 5.74) is -3.28. The van der Waals surface area contributed by atoms with E-state index < -0.39 is 113 Å². The van der Waals surface area contributed by atoms with Gasteiger partial charge in [0.25, 0.3) is 0 Å². The van der Waals surface area contributed by atoms with Crippen molar-refractivity contribution in [2.24, 2.45) is 0 Å². The molecule has 0 amide bonds. The summed E-state index contributed by atoms with van der Waals surface area (Å²) < 4.78 is 21.2. The van der Waals surface area contributed by atoms with Crippen LogP contribution in [0.2, 0.25) is 0 Å². The summed E-state index contributed by atoms with van der Waals surface area (Å²) in [7, 11) is 0. The van der Waals surface area contributed by atoms with E-state index >= 15 is 0 Å². The number of ether oxygens (including phenoxy) is 4. The highest BCUT2D eigenvalue weighted by Gasteiger charge is 2.49. The van der Waals surface area contributed by atoms with Crippen molar-refractivity contribution in [3.8, 4) is 51.7 Å². The fourth-order valence-corrected chi connectivity index (χ4v) is 4.07. The fourth-order valence-electron chi connectivity index (χ4n) is 4.07. The molecule has 206 valence electrons. The number of rotatable bonds is 3. The van der Waals surface area contributed by atoms with Crippen molar-refractivity contribution in [3.63, 3.8) is 0 Å². The predicted octanol–water partition coefficient (Wildman–Crippen LogP) is -0.174. The van der Waals surface area contributed by atoms with Gasteiger partial charge in [0.1, 0.15) is 24.9 Å². The SMILES string of the molecule is C=C(C#N)COC1OC2COC(=O)c3cc(O)c(O)c(O)c3-c3c(cc(O)c(O)c3O)C(=O)OC(C2O)C1O. The zero-order chi connectivity index (χ0) is 28.8. The molecule has 0 aromatic heterocycles. The molecule has 4 rings (SSSR count). The van der Waals surface area contributed by atoms with E-state index in [9.17, 15) is 50.4 Å². The van der Waals surface area contributed by atoms with Crippen LogP contribution in [-0.2, 0) is 18.9 Å². The van der Waals surface area contributed by atoms with Gasteiger partial charge in [-0.15, -0.1) is 0 Å². The van der Waals surface area contributed by atoms with Crippen molar-refractivity contribution >= 4 is 11.9 Å². The molecule has 1 fully saturated rings. The van der Waals surface area contributed by atoms with Crippen LogP contribution < -0.4 is 0 Å². The van der Waals surface area contributed by atoms with Gasteiger partial charge in [0.05, 0.1) is 23.8 Å². The minimum Gasteiger partial charge on any atom is -0.504 e. The Labute approximate surface area is 218 Å². The third-order valence-corrected chi connectivity index (χ3v) is 6.04. The fraction of sp³-hybridized carbons (Fsp3) is 0.292. The second-order valence-electron chi connectivity index (χ2n) is 8.55. The van der Waals surface area contributed by atoms with E-state index in [0.717, 1.165) is 0 Å². The summed E-state index contributed by atoms with van der Waals surface area (Å²) in [6.45, 7) is 2.21. The minimum absolute atomic E-state index is 0.0676. The van der Waals surface area contributed by atoms with Crippen molar-refractivity contribution in [2.75, 3.05) is 13.2 Å². The Hall–Kier alpha value is -4.75. The second kappa shape index (κ2) is 10.2. The van der Waals surface area contributed by atoms with Crippen molar-refractivity contribution in [1.29, 1.82) is 5.26 Å². The van der Waals surface area contributed by atoms with Gasteiger partial charge in [-0.25, -0.2) is 9.59 Å². The molecular weight excluding hydrogens is 526 g/mol. The van der Waals surface area contributed by atoms with E-state index in [4.69, 9.17) is 24.2 Å². The molecule has 15 heteroatoms. The van der Waals surface area contributed by atoms with E-state index in [1.54, 1.807) is 6.07 Å². The number of esters is 2. The predicted molar refractivity (Wildman–Crippen MR) is 123 cm³/mol. The molecule has 5 unspecified atom stereocenters. The van der Waals surface area contributed by atoms with Crippen molar-refractivity contribution < 1.29 is 69.4 Å². The van der Waals surface area contributed by atoms with Crippen LogP contribution in [0.4, 0.5) is 0 Å². The average Bonchev–Trinajstić information content (AvgIpc) is 2.90. The Kier molecular flexibility index (Phi) is 7.13. The molecule has 0 saturated carbocycles. The molecule has 1 saturated heterocycles. The Morgan fingerprint density at radius 2 is 1.46 bits per heavy atom. The zero-order valence-electron chi connectivity index (χ0n) is 19.6. The smallest absolute Gasteiger partial charge is 0.339 e. The third-order valence-electron chi connectivity index (χ3n) is 6.04. The molecule has 2 heterocycles. The molecule has 15 nitrogen and oxygen atoms in total. The largest absolute Gasteiger partial charge is 0.504 e. The van der Waals surface area contributed by atoms with Gasteiger partial charge in [-0.3, -0.25) is 0 Å². The van der Waals surface area contributed by atoms with Gasteiger partial charge < -0.3 is 59.8 Å². The third kappa shape index (κ3) is 4.69. The van der Waals surface area contributed by atoms with Gasteiger partial charge in [-0.1, -0.05) is 6.58 Å². The Morgan fingerprint density at radius 1 is 0.923 bits per heavy atom. The molecule has 2 bridgehead atoms. The molecule has 2 aromatic rings. The number of fused-ring (bicyclic) bond motifs is 5. The molecule has 5 atom stereocenters. The van der Waals surface area contributed by atoms with E-state index in [0.29, 0.717) is 12.1 Å². The van der Waals surface area contributed by atoms with Gasteiger partial charge >= 0.3 is 11.9 Å². The topological polar surface area (TPSA) is 257 Å². The highest BCUT2D eigenvalue weighted by molar-refractivity contribution is 6.08. The number of aliphatic hydroxyl groups excluding tert-OH is 2. The maximum Gasteiger partial charge on any atom is 0.339 e. The molecule has 39 heavy (non-hydrogen) atoms. The molecule has 2 aliphatic rings. The number of nitriles is 1. The first-order valence-electron chi connectivity index (χ1n) is 11.0. The monoisotopic (exact) mass is 547 g/mol. The summed E-state index contributed by atoms with van der Waals surface area (Å²) in [6.07, 6.45) is -8.73. The Balaban J connectivity index is 1.92. The van der Waals surface area contributed by atoms with Crippen LogP contribution in [0, 0.1) is 11.3 Å². The minimum atomic E-state index is -1.89. The highest BCUT2D eigenvalue weighted by atomic mass is 16.7. The van der Waals surface area contributed by atoms with E-state index in [1.807, 2.05) is 0 Å². The van der Waals surface area contributed by atoms with Crippen LogP contribution in [0.25, 0.3) is 11.1 Å². The number of benzene rings is 2. The summed E-state index contributed by atoms with van der Waals surface area (Å²) in [6, 6.07) is 2.92. The van der Waals surface area contributed by atoms with Crippen molar-refractivity contribution in [1.82, 2.24) is 0 Å². The van der Waals surface area contributed by atoms with Crippen LogP contribution in [0.1, 0.15) is 20.7 Å². The lowest BCUT2D eigenvalue weighted by Crippen LogP contribution is -2.60. The van der Waals surface area contributed by atoms with Gasteiger partial charge in [0.15, 0.2) is 35.4 Å². The standard InChI is InChI=1S/C24H21NO14/c1-7(4-25)5-37-24-20(33)21-17(30)12(38-24)6-36-22(34)8-2-10(26)15(28)18(31)13(8)14-9(23(35)39-21)3-11(27)16(29)19(14)32/h2-3,12,17,20-21,24,26-33H,1,5-6H2. The number of nitrogens with zero attached hydrogens (tertiary/aromatic N) is 1. The van der Waals surface area contributed by atoms with Crippen LogP contribution >= 0.6 is 0 Å². The van der Waals surface area contributed by atoms with Crippen LogP contribution in [-0.4, -0.2) is 96.7 Å². The zero-order valence-corrected chi connectivity index (χ0v) is 19.6. The molecule has 2 aromatic carbocycles. The number of hydrogen-bond acceptors (Lipinski definition) is 15. The molecule has 8 N–H and O–H groups in total. The lowest BCUT2D eigenvalue weighted by atomic mass is 9.91. The molecule has 0 aliphatic carbocycles. The van der Waals surface area contributed by atoms with Gasteiger partial charge in [-0.2, -0.15) is 5.26 Å². The van der Waals surface area contributed by atoms with Crippen molar-refractivity contribution in [2.45, 2.75) is 30.7 Å². The number of cyclic esters (lactones) is 1. The maximum absolute atomic E-state index is 13.3. The number of hydrogen-bond donors (Lipinski definition) is 8. The lowest BCUT2D eigenvalue weighted by molar-refractivity contribution is -0.297. The maximum atomic E-state index is 13.3. The first-order valence-corrected chi connectivity index (χ1v) is 11.0. The average molecular weight is 547 g/mol. The van der Waals surface area contributed by atoms with Gasteiger partial charge in [0.2, 0.25) is 11.5 Å². The van der Waals surface area contributed by atoms with Crippen LogP contribution in [0.15, 0.2) is 24.3 Å². The number of aliphatic hydroxyl groups is 2. The molecular formula is C24H21NO14. The molecule has 0 spiro atoms. The van der Waals surface area contributed by atoms with E-state index in [1.165, 1.54) is 0 Å². The summed E-state index contributed by atoms with van der Waals surface area (Å²) >= 11 is 0. The first kappa shape index (κ1) is 27.3. The normalized spacial score (nSPS) is 24.6. The lowest BCUT2D eigenvalue weighted by Gasteiger charge is -2.41. The summed E-state index contributed by atoms with van der Waals surface area (Å²) in [5.74, 6) is -9.72. The number of aromatic hydroxyl groups is 6. The number of phenolic OH excluding ortho intramolecular Hbond substituents is 6. The Morgan fingerprint density at radius 3 is 2.00 bits per heavy atom. The van der Waals surface area contributed by atoms with Gasteiger partial charge in [-0.05, 0) is 12.1 Å². The van der Waals surface area contributed by atoms with Gasteiger partial charge in [0, 0.05) is 16.7 Å². The van der Waals surface area contributed by atoms with Crippen molar-refractivity contribution in [3.05, 3.63) is 35.4 Å². The quantitative estimate of drug-likeness (QED) is 0.141.